The molecule has 0 aliphatic carbocycles. The predicted molar refractivity (Wildman–Crippen MR) is 54.3 cm³/mol. The number of hydrogen-bond acceptors (Lipinski definition) is 5. The lowest BCUT2D eigenvalue weighted by atomic mass is 10.2. The van der Waals surface area contributed by atoms with Crippen molar-refractivity contribution in [1.82, 2.24) is 0 Å². The Bertz CT molecular complexity index is 375. The highest BCUT2D eigenvalue weighted by Crippen LogP contribution is 2.32. The lowest BCUT2D eigenvalue weighted by Crippen LogP contribution is -2.21. The van der Waals surface area contributed by atoms with Gasteiger partial charge in [0.2, 0.25) is 11.6 Å². The number of rotatable bonds is 6. The molecule has 0 spiro atoms. The number of halogens is 2. The fourth-order valence-electron chi connectivity index (χ4n) is 1.04. The van der Waals surface area contributed by atoms with Crippen LogP contribution in [0.2, 0.25) is 0 Å². The molecule has 1 aromatic carbocycles. The van der Waals surface area contributed by atoms with Crippen LogP contribution >= 0.6 is 0 Å². The second kappa shape index (κ2) is 6.38. The van der Waals surface area contributed by atoms with E-state index in [1.807, 2.05) is 0 Å². The van der Waals surface area contributed by atoms with Crippen LogP contribution in [0.5, 0.6) is 11.5 Å². The van der Waals surface area contributed by atoms with Crippen molar-refractivity contribution in [2.45, 2.75) is 6.92 Å². The fourth-order valence-corrected chi connectivity index (χ4v) is 1.04. The molecule has 0 saturated heterocycles. The van der Waals surface area contributed by atoms with Gasteiger partial charge in [0.05, 0.1) is 0 Å². The summed E-state index contributed by atoms with van der Waals surface area (Å²) < 4.78 is 40.3. The van der Waals surface area contributed by atoms with Crippen molar-refractivity contribution in [2.75, 3.05) is 13.4 Å². The third-order valence-electron chi connectivity index (χ3n) is 1.74. The molecule has 1 rings (SSSR count). The largest absolute Gasteiger partial charge is 0.707 e. The molecule has 0 fully saturated rings. The van der Waals surface area contributed by atoms with Crippen LogP contribution in [0.3, 0.4) is 0 Å². The zero-order chi connectivity index (χ0) is 12.8. The van der Waals surface area contributed by atoms with Gasteiger partial charge < -0.3 is 24.2 Å². The van der Waals surface area contributed by atoms with Crippen molar-refractivity contribution in [3.63, 3.8) is 0 Å². The zero-order valence-corrected chi connectivity index (χ0v) is 9.02. The molecule has 0 aliphatic rings. The molecule has 0 atom stereocenters. The lowest BCUT2D eigenvalue weighted by molar-refractivity contribution is 0.0183. The summed E-state index contributed by atoms with van der Waals surface area (Å²) in [7, 11) is -2.16. The van der Waals surface area contributed by atoms with Crippen molar-refractivity contribution >= 4 is 7.32 Å². The van der Waals surface area contributed by atoms with E-state index in [9.17, 15) is 8.78 Å². The number of hydrogen-bond donors (Lipinski definition) is 2. The SMILES string of the molecule is CCOCOc1c(OB(O)O)ccc(F)c1F. The lowest BCUT2D eigenvalue weighted by Gasteiger charge is -2.13. The molecule has 0 aliphatic heterocycles. The van der Waals surface area contributed by atoms with Gasteiger partial charge in [-0.2, -0.15) is 4.39 Å². The Morgan fingerprint density at radius 2 is 2.00 bits per heavy atom. The van der Waals surface area contributed by atoms with E-state index >= 15 is 0 Å². The summed E-state index contributed by atoms with van der Waals surface area (Å²) in [6.07, 6.45) is 0. The quantitative estimate of drug-likeness (QED) is 0.440. The van der Waals surface area contributed by atoms with Crippen LogP contribution in [0.15, 0.2) is 12.1 Å². The Kier molecular flexibility index (Phi) is 5.14. The monoisotopic (exact) mass is 248 g/mol. The molecule has 17 heavy (non-hydrogen) atoms. The second-order valence-corrected chi connectivity index (χ2v) is 2.89. The van der Waals surface area contributed by atoms with Gasteiger partial charge in [0, 0.05) is 6.61 Å². The highest BCUT2D eigenvalue weighted by atomic mass is 19.2. The van der Waals surface area contributed by atoms with E-state index in [1.165, 1.54) is 0 Å². The van der Waals surface area contributed by atoms with Crippen LogP contribution in [0.4, 0.5) is 8.78 Å². The van der Waals surface area contributed by atoms with Gasteiger partial charge in [0.25, 0.3) is 0 Å². The van der Waals surface area contributed by atoms with Crippen molar-refractivity contribution in [3.8, 4) is 11.5 Å². The number of ether oxygens (including phenoxy) is 2. The topological polar surface area (TPSA) is 68.2 Å². The number of benzene rings is 1. The Balaban J connectivity index is 2.91. The van der Waals surface area contributed by atoms with Crippen molar-refractivity contribution in [2.24, 2.45) is 0 Å². The van der Waals surface area contributed by atoms with Gasteiger partial charge in [-0.15, -0.1) is 0 Å². The smallest absolute Gasteiger partial charge is 0.509 e. The first-order chi connectivity index (χ1) is 8.06. The summed E-state index contributed by atoms with van der Waals surface area (Å²) in [5, 5.41) is 17.2. The van der Waals surface area contributed by atoms with Gasteiger partial charge in [-0.05, 0) is 19.1 Å². The van der Waals surface area contributed by atoms with Gasteiger partial charge in [-0.3, -0.25) is 0 Å². The van der Waals surface area contributed by atoms with Crippen LogP contribution in [-0.4, -0.2) is 30.8 Å². The van der Waals surface area contributed by atoms with Gasteiger partial charge in [0.1, 0.15) is 5.75 Å². The molecule has 0 saturated carbocycles. The van der Waals surface area contributed by atoms with E-state index in [-0.39, 0.29) is 12.5 Å². The van der Waals surface area contributed by atoms with E-state index < -0.39 is 24.7 Å². The predicted octanol–water partition coefficient (Wildman–Crippen LogP) is 0.686. The molecular weight excluding hydrogens is 237 g/mol. The third kappa shape index (κ3) is 3.84. The highest BCUT2D eigenvalue weighted by Gasteiger charge is 2.20. The highest BCUT2D eigenvalue weighted by molar-refractivity contribution is 6.33. The average Bonchev–Trinajstić information content (AvgIpc) is 2.27. The minimum absolute atomic E-state index is 0.311. The van der Waals surface area contributed by atoms with Crippen LogP contribution in [-0.2, 0) is 4.74 Å². The summed E-state index contributed by atoms with van der Waals surface area (Å²) in [4.78, 5) is 0. The van der Waals surface area contributed by atoms with Gasteiger partial charge in [-0.25, -0.2) is 4.39 Å². The molecule has 8 heteroatoms. The van der Waals surface area contributed by atoms with Crippen LogP contribution in [0.1, 0.15) is 6.92 Å². The molecule has 0 heterocycles. The fraction of sp³-hybridized carbons (Fsp3) is 0.333. The second-order valence-electron chi connectivity index (χ2n) is 2.89. The molecular formula is C9H11BF2O5. The summed E-state index contributed by atoms with van der Waals surface area (Å²) in [5.74, 6) is -3.34. The standard InChI is InChI=1S/C9H11BF2O5/c1-2-15-5-16-9-7(17-10(13)14)4-3-6(11)8(9)12/h3-4,13-14H,2,5H2,1H3. The molecule has 0 bridgehead atoms. The average molecular weight is 248 g/mol. The van der Waals surface area contributed by atoms with Crippen LogP contribution < -0.4 is 9.39 Å². The third-order valence-corrected chi connectivity index (χ3v) is 1.74. The Hall–Kier alpha value is -1.38. The summed E-state index contributed by atoms with van der Waals surface area (Å²) in [6, 6.07) is 1.79. The summed E-state index contributed by atoms with van der Waals surface area (Å²) >= 11 is 0. The van der Waals surface area contributed by atoms with E-state index in [0.717, 1.165) is 12.1 Å². The zero-order valence-electron chi connectivity index (χ0n) is 9.02. The van der Waals surface area contributed by atoms with Crippen molar-refractivity contribution in [1.29, 1.82) is 0 Å². The Morgan fingerprint density at radius 1 is 1.29 bits per heavy atom. The van der Waals surface area contributed by atoms with E-state index in [0.29, 0.717) is 6.61 Å². The first-order valence-corrected chi connectivity index (χ1v) is 4.77. The van der Waals surface area contributed by atoms with Gasteiger partial charge >= 0.3 is 7.32 Å². The van der Waals surface area contributed by atoms with E-state index in [2.05, 4.69) is 4.65 Å². The molecule has 0 aromatic heterocycles. The first-order valence-electron chi connectivity index (χ1n) is 4.77. The molecule has 0 amide bonds. The van der Waals surface area contributed by atoms with Gasteiger partial charge in [0.15, 0.2) is 12.6 Å². The molecule has 0 unspecified atom stereocenters. The Labute approximate surface area is 96.7 Å². The molecule has 0 radical (unpaired) electrons. The van der Waals surface area contributed by atoms with E-state index in [4.69, 9.17) is 19.5 Å². The summed E-state index contributed by atoms with van der Waals surface area (Å²) in [5.41, 5.74) is 0. The van der Waals surface area contributed by atoms with Crippen molar-refractivity contribution < 1.29 is 33.0 Å². The molecule has 94 valence electrons. The minimum Gasteiger partial charge on any atom is -0.509 e. The maximum Gasteiger partial charge on any atom is 0.707 e. The molecule has 5 nitrogen and oxygen atoms in total. The van der Waals surface area contributed by atoms with Crippen LogP contribution in [0.25, 0.3) is 0 Å². The maximum absolute atomic E-state index is 13.3. The van der Waals surface area contributed by atoms with Crippen molar-refractivity contribution in [3.05, 3.63) is 23.8 Å². The first kappa shape index (κ1) is 13.7. The van der Waals surface area contributed by atoms with Crippen LogP contribution in [0, 0.1) is 11.6 Å². The minimum atomic E-state index is -2.16. The van der Waals surface area contributed by atoms with E-state index in [1.54, 1.807) is 6.92 Å². The summed E-state index contributed by atoms with van der Waals surface area (Å²) in [6.45, 7) is 1.71. The molecule has 2 N–H and O–H groups in total. The molecule has 1 aromatic rings. The normalized spacial score (nSPS) is 10.2. The Morgan fingerprint density at radius 3 is 2.59 bits per heavy atom. The maximum atomic E-state index is 13.3. The van der Waals surface area contributed by atoms with Gasteiger partial charge in [-0.1, -0.05) is 0 Å².